The predicted molar refractivity (Wildman–Crippen MR) is 87.5 cm³/mol. The molecule has 1 aliphatic carbocycles. The summed E-state index contributed by atoms with van der Waals surface area (Å²) in [5, 5.41) is 9.49. The van der Waals surface area contributed by atoms with E-state index in [-0.39, 0.29) is 6.04 Å². The number of rotatable bonds is 5. The van der Waals surface area contributed by atoms with Gasteiger partial charge in [-0.15, -0.1) is 0 Å². The number of aromatic nitrogens is 1. The van der Waals surface area contributed by atoms with Gasteiger partial charge in [0.15, 0.2) is 0 Å². The van der Waals surface area contributed by atoms with Crippen molar-refractivity contribution in [1.82, 2.24) is 9.88 Å². The van der Waals surface area contributed by atoms with E-state index < -0.39 is 24.2 Å². The van der Waals surface area contributed by atoms with Crippen LogP contribution in [0.1, 0.15) is 48.7 Å². The molecule has 1 N–H and O–H groups in total. The molecule has 1 aromatic heterocycles. The van der Waals surface area contributed by atoms with E-state index >= 15 is 0 Å². The highest BCUT2D eigenvalue weighted by atomic mass is 19.1. The lowest BCUT2D eigenvalue weighted by Gasteiger charge is -2.25. The van der Waals surface area contributed by atoms with Gasteiger partial charge in [0.2, 0.25) is 0 Å². The highest BCUT2D eigenvalue weighted by Gasteiger charge is 2.29. The van der Waals surface area contributed by atoms with Crippen LogP contribution in [-0.4, -0.2) is 39.5 Å². The van der Waals surface area contributed by atoms with Crippen LogP contribution in [0, 0.1) is 5.82 Å². The Balaban J connectivity index is 2.13. The summed E-state index contributed by atoms with van der Waals surface area (Å²) < 4.78 is 13.7. The number of hydrogen-bond donors (Lipinski definition) is 1. The summed E-state index contributed by atoms with van der Waals surface area (Å²) in [6.45, 7) is 3.12. The molecule has 0 bridgehead atoms. The molecular formula is C18H19FN2O3. The normalized spacial score (nSPS) is 14.2. The Hall–Kier alpha value is -2.50. The fourth-order valence-corrected chi connectivity index (χ4v) is 2.77. The zero-order chi connectivity index (χ0) is 17.4. The Morgan fingerprint density at radius 1 is 1.33 bits per heavy atom. The molecule has 5 nitrogen and oxygen atoms in total. The fourth-order valence-electron chi connectivity index (χ4n) is 2.77. The van der Waals surface area contributed by atoms with Crippen LogP contribution >= 0.6 is 0 Å². The summed E-state index contributed by atoms with van der Waals surface area (Å²) in [5.41, 5.74) is 1.69. The van der Waals surface area contributed by atoms with Crippen molar-refractivity contribution in [2.24, 2.45) is 0 Å². The average Bonchev–Trinajstić information content (AvgIpc) is 3.35. The first kappa shape index (κ1) is 16.4. The van der Waals surface area contributed by atoms with Crippen LogP contribution in [0.5, 0.6) is 0 Å². The van der Waals surface area contributed by atoms with Crippen LogP contribution in [0.2, 0.25) is 0 Å². The Bertz CT molecular complexity index is 815. The molecular weight excluding hydrogens is 311 g/mol. The second-order valence-electron chi connectivity index (χ2n) is 6.45. The van der Waals surface area contributed by atoms with Crippen molar-refractivity contribution in [3.63, 3.8) is 0 Å². The van der Waals surface area contributed by atoms with Gasteiger partial charge in [-0.1, -0.05) is 0 Å². The zero-order valence-electron chi connectivity index (χ0n) is 13.6. The predicted octanol–water partition coefficient (Wildman–Crippen LogP) is 3.19. The molecule has 0 unspecified atom stereocenters. The van der Waals surface area contributed by atoms with Crippen LogP contribution in [-0.2, 0) is 4.79 Å². The largest absolute Gasteiger partial charge is 0.480 e. The van der Waals surface area contributed by atoms with E-state index in [9.17, 15) is 14.0 Å². The van der Waals surface area contributed by atoms with Gasteiger partial charge in [0.05, 0.1) is 11.1 Å². The van der Waals surface area contributed by atoms with Gasteiger partial charge < -0.3 is 10.0 Å². The number of carboxylic acids is 1. The highest BCUT2D eigenvalue weighted by molar-refractivity contribution is 6.07. The number of benzene rings is 1. The molecule has 1 fully saturated rings. The Kier molecular flexibility index (Phi) is 4.22. The van der Waals surface area contributed by atoms with Gasteiger partial charge in [-0.25, -0.2) is 4.39 Å². The van der Waals surface area contributed by atoms with Crippen molar-refractivity contribution in [2.45, 2.75) is 38.6 Å². The second kappa shape index (κ2) is 6.19. The third kappa shape index (κ3) is 3.22. The first-order valence-corrected chi connectivity index (χ1v) is 7.99. The van der Waals surface area contributed by atoms with Crippen molar-refractivity contribution >= 4 is 22.8 Å². The number of aliphatic carboxylic acids is 1. The van der Waals surface area contributed by atoms with E-state index in [1.54, 1.807) is 26.0 Å². The van der Waals surface area contributed by atoms with E-state index in [4.69, 9.17) is 5.11 Å². The number of carbonyl (C=O) groups is 2. The van der Waals surface area contributed by atoms with Crippen molar-refractivity contribution in [1.29, 1.82) is 0 Å². The molecule has 0 radical (unpaired) electrons. The van der Waals surface area contributed by atoms with Crippen molar-refractivity contribution in [2.75, 3.05) is 6.54 Å². The lowest BCUT2D eigenvalue weighted by atomic mass is 10.0. The Labute approximate surface area is 139 Å². The molecule has 1 amide bonds. The van der Waals surface area contributed by atoms with Crippen molar-refractivity contribution in [3.05, 3.63) is 41.3 Å². The van der Waals surface area contributed by atoms with E-state index in [2.05, 4.69) is 4.98 Å². The molecule has 0 atom stereocenters. The second-order valence-corrected chi connectivity index (χ2v) is 6.45. The summed E-state index contributed by atoms with van der Waals surface area (Å²) in [5.74, 6) is -1.61. The van der Waals surface area contributed by atoms with Crippen LogP contribution in [0.4, 0.5) is 4.39 Å². The lowest BCUT2D eigenvalue weighted by Crippen LogP contribution is -2.40. The summed E-state index contributed by atoms with van der Waals surface area (Å²) in [6.07, 6.45) is 2.05. The monoisotopic (exact) mass is 330 g/mol. The van der Waals surface area contributed by atoms with Crippen LogP contribution in [0.15, 0.2) is 24.3 Å². The Morgan fingerprint density at radius 2 is 2.04 bits per heavy atom. The number of nitrogens with zero attached hydrogens (tertiary/aromatic N) is 2. The lowest BCUT2D eigenvalue weighted by molar-refractivity contribution is -0.138. The smallest absolute Gasteiger partial charge is 0.323 e. The number of pyridine rings is 1. The van der Waals surface area contributed by atoms with Crippen molar-refractivity contribution in [3.8, 4) is 0 Å². The number of hydrogen-bond acceptors (Lipinski definition) is 3. The maximum atomic E-state index is 13.7. The van der Waals surface area contributed by atoms with Gasteiger partial charge in [0, 0.05) is 23.0 Å². The minimum absolute atomic E-state index is 0.283. The molecule has 3 rings (SSSR count). The summed E-state index contributed by atoms with van der Waals surface area (Å²) in [7, 11) is 0. The number of amides is 1. The fraction of sp³-hybridized carbons (Fsp3) is 0.389. The maximum absolute atomic E-state index is 13.7. The molecule has 1 aliphatic rings. The molecule has 1 heterocycles. The number of carbonyl (C=O) groups excluding carboxylic acids is 1. The van der Waals surface area contributed by atoms with Gasteiger partial charge in [-0.05, 0) is 51.0 Å². The van der Waals surface area contributed by atoms with Gasteiger partial charge in [-0.3, -0.25) is 14.6 Å². The minimum Gasteiger partial charge on any atom is -0.480 e. The first-order valence-electron chi connectivity index (χ1n) is 7.99. The van der Waals surface area contributed by atoms with E-state index in [0.717, 1.165) is 18.5 Å². The standard InChI is InChI=1S/C18H19FN2O3/c1-10(2)21(9-17(22)23)18(24)14-8-16(11-3-4-11)20-15-6-5-12(19)7-13(14)15/h5-8,10-11H,3-4,9H2,1-2H3,(H,22,23). The molecule has 126 valence electrons. The molecule has 0 saturated heterocycles. The quantitative estimate of drug-likeness (QED) is 0.914. The third-order valence-electron chi connectivity index (χ3n) is 4.21. The highest BCUT2D eigenvalue weighted by Crippen LogP contribution is 2.40. The van der Waals surface area contributed by atoms with Gasteiger partial charge in [-0.2, -0.15) is 0 Å². The molecule has 1 saturated carbocycles. The SMILES string of the molecule is CC(C)N(CC(=O)O)C(=O)c1cc(C2CC2)nc2ccc(F)cc12. The molecule has 0 spiro atoms. The van der Waals surface area contributed by atoms with Crippen LogP contribution in [0.25, 0.3) is 10.9 Å². The van der Waals surface area contributed by atoms with Gasteiger partial charge in [0.25, 0.3) is 5.91 Å². The molecule has 2 aromatic rings. The maximum Gasteiger partial charge on any atom is 0.323 e. The van der Waals surface area contributed by atoms with Crippen molar-refractivity contribution < 1.29 is 19.1 Å². The van der Waals surface area contributed by atoms with E-state index in [1.807, 2.05) is 0 Å². The molecule has 24 heavy (non-hydrogen) atoms. The summed E-state index contributed by atoms with van der Waals surface area (Å²) >= 11 is 0. The summed E-state index contributed by atoms with van der Waals surface area (Å²) in [6, 6.07) is 5.57. The van der Waals surface area contributed by atoms with E-state index in [1.165, 1.54) is 17.0 Å². The molecule has 1 aromatic carbocycles. The number of carboxylic acid groups (broad SMARTS) is 1. The van der Waals surface area contributed by atoms with Gasteiger partial charge >= 0.3 is 5.97 Å². The topological polar surface area (TPSA) is 70.5 Å². The minimum atomic E-state index is -1.08. The molecule has 6 heteroatoms. The summed E-state index contributed by atoms with van der Waals surface area (Å²) in [4.78, 5) is 29.9. The molecule has 0 aliphatic heterocycles. The third-order valence-corrected chi connectivity index (χ3v) is 4.21. The van der Waals surface area contributed by atoms with Gasteiger partial charge in [0.1, 0.15) is 12.4 Å². The number of halogens is 1. The van der Waals surface area contributed by atoms with E-state index in [0.29, 0.717) is 22.4 Å². The van der Waals surface area contributed by atoms with Crippen LogP contribution in [0.3, 0.4) is 0 Å². The zero-order valence-corrected chi connectivity index (χ0v) is 13.6. The first-order chi connectivity index (χ1) is 11.4. The van der Waals surface area contributed by atoms with Crippen LogP contribution < -0.4 is 0 Å². The number of fused-ring (bicyclic) bond motifs is 1. The Morgan fingerprint density at radius 3 is 2.62 bits per heavy atom. The average molecular weight is 330 g/mol.